The van der Waals surface area contributed by atoms with Crippen LogP contribution >= 0.6 is 0 Å². The van der Waals surface area contributed by atoms with Gasteiger partial charge in [0.15, 0.2) is 0 Å². The summed E-state index contributed by atoms with van der Waals surface area (Å²) in [6, 6.07) is 8.11. The molecule has 0 spiro atoms. The van der Waals surface area contributed by atoms with Gasteiger partial charge in [0.25, 0.3) is 0 Å². The zero-order valence-electron chi connectivity index (χ0n) is 14.1. The molecule has 2 heterocycles. The van der Waals surface area contributed by atoms with Crippen LogP contribution in [0.25, 0.3) is 11.4 Å². The van der Waals surface area contributed by atoms with E-state index in [0.29, 0.717) is 18.3 Å². The number of benzene rings is 1. The van der Waals surface area contributed by atoms with Gasteiger partial charge in [-0.1, -0.05) is 35.0 Å². The molecule has 1 aromatic carbocycles. The average molecular weight is 329 g/mol. The summed E-state index contributed by atoms with van der Waals surface area (Å²) in [6.07, 6.45) is 0. The first kappa shape index (κ1) is 16.6. The minimum Gasteiger partial charge on any atom is -0.369 e. The summed E-state index contributed by atoms with van der Waals surface area (Å²) in [7, 11) is 0. The fourth-order valence-electron chi connectivity index (χ4n) is 2.91. The van der Waals surface area contributed by atoms with Crippen LogP contribution in [-0.2, 0) is 4.79 Å². The Labute approximate surface area is 141 Å². The quantitative estimate of drug-likeness (QED) is 0.887. The molecule has 7 heteroatoms. The second-order valence-corrected chi connectivity index (χ2v) is 6.28. The zero-order chi connectivity index (χ0) is 17.1. The summed E-state index contributed by atoms with van der Waals surface area (Å²) in [5.74, 6) is 0.953. The molecule has 2 aromatic rings. The molecule has 3 rings (SSSR count). The number of carbonyl (C=O) groups is 1. The van der Waals surface area contributed by atoms with Gasteiger partial charge in [-0.25, -0.2) is 0 Å². The summed E-state index contributed by atoms with van der Waals surface area (Å²) in [4.78, 5) is 19.9. The molecule has 1 aliphatic rings. The maximum absolute atomic E-state index is 11.0. The van der Waals surface area contributed by atoms with Gasteiger partial charge in [0, 0.05) is 31.7 Å². The molecule has 24 heavy (non-hydrogen) atoms. The van der Waals surface area contributed by atoms with E-state index in [4.69, 9.17) is 10.3 Å². The Hall–Kier alpha value is -2.25. The van der Waals surface area contributed by atoms with Crippen LogP contribution in [0.1, 0.15) is 24.4 Å². The fraction of sp³-hybridized carbons (Fsp3) is 0.471. The van der Waals surface area contributed by atoms with Crippen LogP contribution in [0.2, 0.25) is 0 Å². The van der Waals surface area contributed by atoms with E-state index in [2.05, 4.69) is 26.9 Å². The molecular formula is C17H23N5O2. The molecule has 0 radical (unpaired) electrons. The Morgan fingerprint density at radius 3 is 2.54 bits per heavy atom. The maximum Gasteiger partial charge on any atom is 0.244 e. The van der Waals surface area contributed by atoms with Gasteiger partial charge in [-0.3, -0.25) is 14.6 Å². The van der Waals surface area contributed by atoms with Crippen LogP contribution in [-0.4, -0.2) is 58.6 Å². The number of hydrogen-bond acceptors (Lipinski definition) is 6. The monoisotopic (exact) mass is 329 g/mol. The number of nitrogens with zero attached hydrogens (tertiary/aromatic N) is 4. The third kappa shape index (κ3) is 3.80. The molecule has 1 atom stereocenters. The third-order valence-corrected chi connectivity index (χ3v) is 4.44. The number of primary amides is 1. The van der Waals surface area contributed by atoms with Gasteiger partial charge in [0.2, 0.25) is 17.6 Å². The molecule has 1 saturated heterocycles. The van der Waals surface area contributed by atoms with Crippen LogP contribution in [0.4, 0.5) is 0 Å². The molecule has 2 N–H and O–H groups in total. The third-order valence-electron chi connectivity index (χ3n) is 4.44. The maximum atomic E-state index is 11.0. The predicted octanol–water partition coefficient (Wildman–Crippen LogP) is 1.21. The predicted molar refractivity (Wildman–Crippen MR) is 90.1 cm³/mol. The molecule has 128 valence electrons. The van der Waals surface area contributed by atoms with Crippen LogP contribution in [0, 0.1) is 6.92 Å². The summed E-state index contributed by atoms with van der Waals surface area (Å²) in [6.45, 7) is 7.74. The van der Waals surface area contributed by atoms with Crippen molar-refractivity contribution in [2.45, 2.75) is 19.9 Å². The number of amides is 1. The first-order valence-electron chi connectivity index (χ1n) is 8.18. The Bertz CT molecular complexity index is 689. The number of aromatic nitrogens is 2. The highest BCUT2D eigenvalue weighted by Gasteiger charge is 2.26. The summed E-state index contributed by atoms with van der Waals surface area (Å²) >= 11 is 0. The van der Waals surface area contributed by atoms with Crippen molar-refractivity contribution >= 4 is 5.91 Å². The van der Waals surface area contributed by atoms with Crippen molar-refractivity contribution in [1.82, 2.24) is 19.9 Å². The van der Waals surface area contributed by atoms with Gasteiger partial charge < -0.3 is 10.3 Å². The molecule has 1 amide bonds. The van der Waals surface area contributed by atoms with Crippen LogP contribution < -0.4 is 5.73 Å². The van der Waals surface area contributed by atoms with Crippen LogP contribution in [0.15, 0.2) is 28.8 Å². The van der Waals surface area contributed by atoms with Gasteiger partial charge in [0.1, 0.15) is 0 Å². The number of carbonyl (C=O) groups excluding carboxylic acids is 1. The Morgan fingerprint density at radius 1 is 1.25 bits per heavy atom. The highest BCUT2D eigenvalue weighted by molar-refractivity contribution is 5.75. The largest absolute Gasteiger partial charge is 0.369 e. The Balaban J connectivity index is 1.63. The highest BCUT2D eigenvalue weighted by atomic mass is 16.5. The van der Waals surface area contributed by atoms with E-state index in [1.165, 1.54) is 5.56 Å². The number of nitrogens with two attached hydrogens (primary N) is 1. The van der Waals surface area contributed by atoms with Gasteiger partial charge in [-0.05, 0) is 13.8 Å². The molecular weight excluding hydrogens is 306 g/mol. The fourth-order valence-corrected chi connectivity index (χ4v) is 2.91. The SMILES string of the molecule is Cc1ccc(-c2noc([C@@H](C)N3CCN(CC(N)=O)CC3)n2)cc1. The minimum absolute atomic E-state index is 0.0485. The Kier molecular flexibility index (Phi) is 4.92. The van der Waals surface area contributed by atoms with E-state index in [1.807, 2.05) is 31.2 Å². The van der Waals surface area contributed by atoms with Gasteiger partial charge in [-0.15, -0.1) is 0 Å². The van der Waals surface area contributed by atoms with Crippen molar-refractivity contribution in [3.8, 4) is 11.4 Å². The van der Waals surface area contributed by atoms with E-state index in [0.717, 1.165) is 31.7 Å². The lowest BCUT2D eigenvalue weighted by Crippen LogP contribution is -2.49. The standard InChI is InChI=1S/C17H23N5O2/c1-12-3-5-14(6-4-12)16-19-17(24-20-16)13(2)22-9-7-21(8-10-22)11-15(18)23/h3-6,13H,7-11H2,1-2H3,(H2,18,23)/t13-/m1/s1. The van der Waals surface area contributed by atoms with E-state index < -0.39 is 0 Å². The van der Waals surface area contributed by atoms with Crippen molar-refractivity contribution in [1.29, 1.82) is 0 Å². The lowest BCUT2D eigenvalue weighted by Gasteiger charge is -2.36. The van der Waals surface area contributed by atoms with Gasteiger partial charge in [0.05, 0.1) is 12.6 Å². The molecule has 0 aliphatic carbocycles. The number of aryl methyl sites for hydroxylation is 1. The normalized spacial score (nSPS) is 17.8. The Morgan fingerprint density at radius 2 is 1.92 bits per heavy atom. The first-order chi connectivity index (χ1) is 11.5. The minimum atomic E-state index is -0.281. The summed E-state index contributed by atoms with van der Waals surface area (Å²) in [5, 5.41) is 4.10. The van der Waals surface area contributed by atoms with Crippen LogP contribution in [0.3, 0.4) is 0 Å². The molecule has 0 unspecified atom stereocenters. The topological polar surface area (TPSA) is 88.5 Å². The molecule has 0 saturated carbocycles. The lowest BCUT2D eigenvalue weighted by atomic mass is 10.1. The molecule has 7 nitrogen and oxygen atoms in total. The first-order valence-corrected chi connectivity index (χ1v) is 8.18. The van der Waals surface area contributed by atoms with E-state index >= 15 is 0 Å². The van der Waals surface area contributed by atoms with E-state index in [1.54, 1.807) is 0 Å². The number of piperazine rings is 1. The second-order valence-electron chi connectivity index (χ2n) is 6.28. The summed E-state index contributed by atoms with van der Waals surface area (Å²) in [5.41, 5.74) is 7.40. The van der Waals surface area contributed by atoms with Crippen molar-refractivity contribution < 1.29 is 9.32 Å². The van der Waals surface area contributed by atoms with Crippen molar-refractivity contribution in [2.75, 3.05) is 32.7 Å². The van der Waals surface area contributed by atoms with Gasteiger partial charge in [-0.2, -0.15) is 4.98 Å². The van der Waals surface area contributed by atoms with Crippen molar-refractivity contribution in [3.63, 3.8) is 0 Å². The van der Waals surface area contributed by atoms with Crippen molar-refractivity contribution in [2.24, 2.45) is 5.73 Å². The molecule has 0 bridgehead atoms. The zero-order valence-corrected chi connectivity index (χ0v) is 14.1. The van der Waals surface area contributed by atoms with Crippen LogP contribution in [0.5, 0.6) is 0 Å². The summed E-state index contributed by atoms with van der Waals surface area (Å²) < 4.78 is 5.47. The molecule has 1 fully saturated rings. The smallest absolute Gasteiger partial charge is 0.244 e. The number of hydrogen-bond donors (Lipinski definition) is 1. The second kappa shape index (κ2) is 7.11. The average Bonchev–Trinajstić information content (AvgIpc) is 3.05. The van der Waals surface area contributed by atoms with Gasteiger partial charge >= 0.3 is 0 Å². The lowest BCUT2D eigenvalue weighted by molar-refractivity contribution is -0.119. The van der Waals surface area contributed by atoms with E-state index in [9.17, 15) is 4.79 Å². The molecule has 1 aliphatic heterocycles. The van der Waals surface area contributed by atoms with E-state index in [-0.39, 0.29) is 11.9 Å². The van der Waals surface area contributed by atoms with Crippen molar-refractivity contribution in [3.05, 3.63) is 35.7 Å². The molecule has 1 aromatic heterocycles. The number of rotatable bonds is 5. The highest BCUT2D eigenvalue weighted by Crippen LogP contribution is 2.23.